The third-order valence-corrected chi connectivity index (χ3v) is 3.98. The van der Waals surface area contributed by atoms with Crippen molar-refractivity contribution in [3.05, 3.63) is 64.4 Å². The van der Waals surface area contributed by atoms with Gasteiger partial charge in [0.25, 0.3) is 0 Å². The molecule has 0 amide bonds. The molecule has 0 fully saturated rings. The summed E-state index contributed by atoms with van der Waals surface area (Å²) in [6, 6.07) is 10.6. The minimum atomic E-state index is -3.67. The first-order valence-electron chi connectivity index (χ1n) is 6.12. The Bertz CT molecular complexity index is 713. The number of halogens is 2. The van der Waals surface area contributed by atoms with Gasteiger partial charge < -0.3 is 5.32 Å². The molecule has 2 aromatic carbocycles. The number of sulfonamides is 1. The predicted molar refractivity (Wildman–Crippen MR) is 79.8 cm³/mol. The van der Waals surface area contributed by atoms with Crippen LogP contribution in [0, 0.1) is 5.82 Å². The summed E-state index contributed by atoms with van der Waals surface area (Å²) >= 11 is 5.77. The van der Waals surface area contributed by atoms with E-state index in [-0.39, 0.29) is 10.7 Å². The number of nitrogens with one attached hydrogen (secondary N) is 1. The Morgan fingerprint density at radius 1 is 1.05 bits per heavy atom. The van der Waals surface area contributed by atoms with Crippen LogP contribution < -0.4 is 10.5 Å². The summed E-state index contributed by atoms with van der Waals surface area (Å²) in [7, 11) is -3.67. The number of hydrogen-bond donors (Lipinski definition) is 2. The highest BCUT2D eigenvalue weighted by Gasteiger charge is 2.06. The van der Waals surface area contributed by atoms with E-state index in [2.05, 4.69) is 5.32 Å². The van der Waals surface area contributed by atoms with Gasteiger partial charge in [-0.3, -0.25) is 0 Å². The maximum Gasteiger partial charge on any atom is 0.238 e. The van der Waals surface area contributed by atoms with Crippen LogP contribution in [0.4, 0.5) is 4.39 Å². The average Bonchev–Trinajstić information content (AvgIpc) is 2.37. The zero-order valence-corrected chi connectivity index (χ0v) is 12.6. The van der Waals surface area contributed by atoms with Crippen LogP contribution in [0.5, 0.6) is 0 Å². The molecule has 0 aliphatic carbocycles. The summed E-state index contributed by atoms with van der Waals surface area (Å²) < 4.78 is 35.4. The van der Waals surface area contributed by atoms with E-state index < -0.39 is 10.0 Å². The van der Waals surface area contributed by atoms with Gasteiger partial charge in [-0.1, -0.05) is 23.7 Å². The van der Waals surface area contributed by atoms with Gasteiger partial charge in [-0.2, -0.15) is 0 Å². The predicted octanol–water partition coefficient (Wildman–Crippen LogP) is 2.42. The molecule has 0 aromatic heterocycles. The lowest BCUT2D eigenvalue weighted by atomic mass is 10.2. The van der Waals surface area contributed by atoms with E-state index >= 15 is 0 Å². The second-order valence-corrected chi connectivity index (χ2v) is 6.57. The highest BCUT2D eigenvalue weighted by Crippen LogP contribution is 2.14. The van der Waals surface area contributed by atoms with Crippen molar-refractivity contribution in [2.75, 3.05) is 0 Å². The van der Waals surface area contributed by atoms with Crippen LogP contribution in [-0.2, 0) is 23.1 Å². The molecular formula is C14H14ClFN2O2S. The molecule has 3 N–H and O–H groups in total. The fourth-order valence-corrected chi connectivity index (χ4v) is 2.62. The highest BCUT2D eigenvalue weighted by molar-refractivity contribution is 7.89. The maximum atomic E-state index is 13.2. The van der Waals surface area contributed by atoms with Crippen LogP contribution in [-0.4, -0.2) is 8.42 Å². The minimum Gasteiger partial charge on any atom is -0.309 e. The van der Waals surface area contributed by atoms with Crippen molar-refractivity contribution in [2.24, 2.45) is 5.14 Å². The molecule has 0 aliphatic rings. The van der Waals surface area contributed by atoms with Gasteiger partial charge in [0.15, 0.2) is 0 Å². The van der Waals surface area contributed by atoms with Gasteiger partial charge in [-0.25, -0.2) is 17.9 Å². The summed E-state index contributed by atoms with van der Waals surface area (Å²) in [5.41, 5.74) is 1.63. The second kappa shape index (κ2) is 6.53. The summed E-state index contributed by atoms with van der Waals surface area (Å²) in [5, 5.41) is 8.50. The Morgan fingerprint density at radius 3 is 2.24 bits per heavy atom. The first-order chi connectivity index (χ1) is 9.84. The monoisotopic (exact) mass is 328 g/mol. The summed E-state index contributed by atoms with van der Waals surface area (Å²) in [5.74, 6) is -0.378. The largest absolute Gasteiger partial charge is 0.309 e. The van der Waals surface area contributed by atoms with Gasteiger partial charge in [0, 0.05) is 18.1 Å². The molecule has 21 heavy (non-hydrogen) atoms. The Hall–Kier alpha value is -1.47. The third-order valence-electron chi connectivity index (χ3n) is 2.83. The summed E-state index contributed by atoms with van der Waals surface area (Å²) in [6.07, 6.45) is 0. The van der Waals surface area contributed by atoms with Crippen molar-refractivity contribution in [3.8, 4) is 0 Å². The first kappa shape index (κ1) is 15.9. The maximum absolute atomic E-state index is 13.2. The van der Waals surface area contributed by atoms with Crippen molar-refractivity contribution in [2.45, 2.75) is 18.0 Å². The molecule has 0 aliphatic heterocycles. The van der Waals surface area contributed by atoms with Crippen LogP contribution >= 0.6 is 11.6 Å². The summed E-state index contributed by atoms with van der Waals surface area (Å²) in [6.45, 7) is 0.966. The van der Waals surface area contributed by atoms with Crippen molar-refractivity contribution >= 4 is 21.6 Å². The van der Waals surface area contributed by atoms with Crippen molar-refractivity contribution in [1.82, 2.24) is 5.32 Å². The normalized spacial score (nSPS) is 11.6. The number of primary sulfonamides is 1. The average molecular weight is 329 g/mol. The molecule has 0 saturated carbocycles. The molecule has 2 rings (SSSR count). The van der Waals surface area contributed by atoms with Crippen LogP contribution in [0.15, 0.2) is 47.4 Å². The molecule has 4 nitrogen and oxygen atoms in total. The number of nitrogens with two attached hydrogens (primary N) is 1. The standard InChI is InChI=1S/C14H14ClFN2O2S/c15-12-5-11(6-13(16)7-12)9-18-8-10-1-3-14(4-2-10)21(17,19)20/h1-7,18H,8-9H2,(H2,17,19,20). The molecule has 0 atom stereocenters. The van der Waals surface area contributed by atoms with E-state index in [1.807, 2.05) is 0 Å². The number of hydrogen-bond acceptors (Lipinski definition) is 3. The lowest BCUT2D eigenvalue weighted by Crippen LogP contribution is -2.14. The topological polar surface area (TPSA) is 72.2 Å². The highest BCUT2D eigenvalue weighted by atomic mass is 35.5. The van der Waals surface area contributed by atoms with Gasteiger partial charge in [0.2, 0.25) is 10.0 Å². The molecule has 7 heteroatoms. The third kappa shape index (κ3) is 4.78. The molecule has 0 unspecified atom stereocenters. The van der Waals surface area contributed by atoms with Crippen LogP contribution in [0.1, 0.15) is 11.1 Å². The van der Waals surface area contributed by atoms with E-state index in [1.54, 1.807) is 18.2 Å². The summed E-state index contributed by atoms with van der Waals surface area (Å²) in [4.78, 5) is 0.0724. The number of benzene rings is 2. The van der Waals surface area contributed by atoms with Gasteiger partial charge >= 0.3 is 0 Å². The SMILES string of the molecule is NS(=O)(=O)c1ccc(CNCc2cc(F)cc(Cl)c2)cc1. The molecule has 0 saturated heterocycles. The van der Waals surface area contributed by atoms with E-state index in [9.17, 15) is 12.8 Å². The minimum absolute atomic E-state index is 0.0724. The fourth-order valence-electron chi connectivity index (χ4n) is 1.86. The van der Waals surface area contributed by atoms with Gasteiger partial charge in [0.1, 0.15) is 5.82 Å². The van der Waals surface area contributed by atoms with Crippen LogP contribution in [0.2, 0.25) is 5.02 Å². The van der Waals surface area contributed by atoms with Gasteiger partial charge in [-0.05, 0) is 41.5 Å². The first-order valence-corrected chi connectivity index (χ1v) is 8.04. The Labute approximate surface area is 127 Å². The fraction of sp³-hybridized carbons (Fsp3) is 0.143. The lowest BCUT2D eigenvalue weighted by molar-refractivity contribution is 0.597. The van der Waals surface area contributed by atoms with Gasteiger partial charge in [0.05, 0.1) is 4.90 Å². The molecule has 2 aromatic rings. The number of rotatable bonds is 5. The zero-order chi connectivity index (χ0) is 15.5. The molecule has 0 radical (unpaired) electrons. The smallest absolute Gasteiger partial charge is 0.238 e. The van der Waals surface area contributed by atoms with E-state index in [4.69, 9.17) is 16.7 Å². The van der Waals surface area contributed by atoms with Crippen molar-refractivity contribution < 1.29 is 12.8 Å². The Morgan fingerprint density at radius 2 is 1.67 bits per heavy atom. The van der Waals surface area contributed by atoms with Gasteiger partial charge in [-0.15, -0.1) is 0 Å². The molecule has 0 bridgehead atoms. The Balaban J connectivity index is 1.94. The second-order valence-electron chi connectivity index (χ2n) is 4.57. The Kier molecular flexibility index (Phi) is 4.95. The van der Waals surface area contributed by atoms with Crippen molar-refractivity contribution in [3.63, 3.8) is 0 Å². The molecular weight excluding hydrogens is 315 g/mol. The molecule has 0 heterocycles. The van der Waals surface area contributed by atoms with E-state index in [1.165, 1.54) is 24.3 Å². The van der Waals surface area contributed by atoms with Crippen LogP contribution in [0.3, 0.4) is 0 Å². The lowest BCUT2D eigenvalue weighted by Gasteiger charge is -2.07. The van der Waals surface area contributed by atoms with E-state index in [0.29, 0.717) is 18.1 Å². The molecule has 0 spiro atoms. The zero-order valence-electron chi connectivity index (χ0n) is 11.0. The molecule has 112 valence electrons. The quantitative estimate of drug-likeness (QED) is 0.885. The van der Waals surface area contributed by atoms with E-state index in [0.717, 1.165) is 11.1 Å². The van der Waals surface area contributed by atoms with Crippen LogP contribution in [0.25, 0.3) is 0 Å². The van der Waals surface area contributed by atoms with Crippen molar-refractivity contribution in [1.29, 1.82) is 0 Å².